The molecule has 0 N–H and O–H groups in total. The van der Waals surface area contributed by atoms with E-state index in [4.69, 9.17) is 0 Å². The summed E-state index contributed by atoms with van der Waals surface area (Å²) in [5.74, 6) is 0. The summed E-state index contributed by atoms with van der Waals surface area (Å²) in [6, 6.07) is 6.12. The van der Waals surface area contributed by atoms with Crippen LogP contribution in [0.2, 0.25) is 0 Å². The van der Waals surface area contributed by atoms with Crippen LogP contribution in [-0.2, 0) is 6.54 Å². The Morgan fingerprint density at radius 3 is 2.42 bits per heavy atom. The molecule has 2 heterocycles. The molecule has 1 aliphatic heterocycles. The maximum atomic E-state index is 4.43. The van der Waals surface area contributed by atoms with E-state index in [1.54, 1.807) is 0 Å². The highest BCUT2D eigenvalue weighted by atomic mass is 127. The molecular weight excluding hydrogens is 351 g/mol. The van der Waals surface area contributed by atoms with Crippen LogP contribution in [0.15, 0.2) is 24.4 Å². The number of aromatic nitrogens is 1. The lowest BCUT2D eigenvalue weighted by atomic mass is 10.0. The third-order valence-electron chi connectivity index (χ3n) is 3.70. The zero-order valence-corrected chi connectivity index (χ0v) is 14.2. The third-order valence-corrected chi connectivity index (χ3v) is 5.20. The summed E-state index contributed by atoms with van der Waals surface area (Å²) in [6.07, 6.45) is 1.87. The first-order chi connectivity index (χ1) is 8.99. The SMILES string of the molecule is CN1CCN(C)CC(C)(N(I)Cc2ccccn2)C1. The van der Waals surface area contributed by atoms with Crippen molar-refractivity contribution in [3.05, 3.63) is 30.1 Å². The van der Waals surface area contributed by atoms with Gasteiger partial charge in [0, 0.05) is 55.2 Å². The number of likely N-dealkylation sites (N-methyl/N-ethyl adjacent to an activating group) is 2. The quantitative estimate of drug-likeness (QED) is 0.595. The van der Waals surface area contributed by atoms with Crippen LogP contribution < -0.4 is 0 Å². The van der Waals surface area contributed by atoms with E-state index in [9.17, 15) is 0 Å². The monoisotopic (exact) mass is 374 g/mol. The predicted molar refractivity (Wildman–Crippen MR) is 87.2 cm³/mol. The Balaban J connectivity index is 2.08. The van der Waals surface area contributed by atoms with Crippen LogP contribution in [-0.4, -0.2) is 63.7 Å². The largest absolute Gasteiger partial charge is 0.303 e. The van der Waals surface area contributed by atoms with Gasteiger partial charge in [-0.2, -0.15) is 0 Å². The minimum atomic E-state index is 0.151. The number of pyridine rings is 1. The molecule has 0 aromatic carbocycles. The van der Waals surface area contributed by atoms with E-state index in [0.717, 1.165) is 38.4 Å². The van der Waals surface area contributed by atoms with Gasteiger partial charge in [0.05, 0.1) is 17.8 Å². The molecule has 0 spiro atoms. The smallest absolute Gasteiger partial charge is 0.0552 e. The molecule has 1 aliphatic rings. The molecule has 1 aromatic heterocycles. The lowest BCUT2D eigenvalue weighted by Crippen LogP contribution is -2.52. The molecule has 1 saturated heterocycles. The van der Waals surface area contributed by atoms with Gasteiger partial charge >= 0.3 is 0 Å². The number of halogens is 1. The average molecular weight is 374 g/mol. The van der Waals surface area contributed by atoms with Crippen molar-refractivity contribution in [2.75, 3.05) is 40.3 Å². The molecule has 0 radical (unpaired) electrons. The Morgan fingerprint density at radius 2 is 1.89 bits per heavy atom. The lowest BCUT2D eigenvalue weighted by Gasteiger charge is -2.39. The molecule has 19 heavy (non-hydrogen) atoms. The van der Waals surface area contributed by atoms with Crippen molar-refractivity contribution in [3.8, 4) is 0 Å². The van der Waals surface area contributed by atoms with Gasteiger partial charge in [0.25, 0.3) is 0 Å². The number of nitrogens with zero attached hydrogens (tertiary/aromatic N) is 4. The Kier molecular flexibility index (Phi) is 5.16. The molecule has 0 amide bonds. The second kappa shape index (κ2) is 6.47. The number of rotatable bonds is 3. The Labute approximate surface area is 130 Å². The summed E-state index contributed by atoms with van der Waals surface area (Å²) in [4.78, 5) is 9.28. The summed E-state index contributed by atoms with van der Waals surface area (Å²) in [5.41, 5.74) is 1.28. The molecule has 1 aromatic rings. The van der Waals surface area contributed by atoms with E-state index in [1.807, 2.05) is 12.3 Å². The molecule has 4 nitrogen and oxygen atoms in total. The van der Waals surface area contributed by atoms with Crippen molar-refractivity contribution in [2.45, 2.75) is 19.0 Å². The fourth-order valence-corrected chi connectivity index (χ4v) is 3.35. The zero-order valence-electron chi connectivity index (χ0n) is 12.0. The summed E-state index contributed by atoms with van der Waals surface area (Å²) < 4.78 is 2.41. The van der Waals surface area contributed by atoms with Crippen molar-refractivity contribution in [2.24, 2.45) is 0 Å². The van der Waals surface area contributed by atoms with Gasteiger partial charge in [0.2, 0.25) is 0 Å². The second-order valence-corrected chi connectivity index (χ2v) is 6.98. The highest BCUT2D eigenvalue weighted by Gasteiger charge is 2.35. The van der Waals surface area contributed by atoms with E-state index in [-0.39, 0.29) is 5.54 Å². The molecule has 0 aliphatic carbocycles. The van der Waals surface area contributed by atoms with Crippen LogP contribution in [0.1, 0.15) is 12.6 Å². The lowest BCUT2D eigenvalue weighted by molar-refractivity contribution is 0.159. The normalized spacial score (nSPS) is 21.5. The Morgan fingerprint density at radius 1 is 1.26 bits per heavy atom. The first-order valence-corrected chi connectivity index (χ1v) is 7.66. The minimum absolute atomic E-state index is 0.151. The van der Waals surface area contributed by atoms with E-state index in [2.05, 4.69) is 73.9 Å². The van der Waals surface area contributed by atoms with Crippen molar-refractivity contribution < 1.29 is 0 Å². The maximum Gasteiger partial charge on any atom is 0.0552 e. The van der Waals surface area contributed by atoms with Gasteiger partial charge in [-0.05, 0) is 33.2 Å². The van der Waals surface area contributed by atoms with Crippen molar-refractivity contribution >= 4 is 22.9 Å². The summed E-state index contributed by atoms with van der Waals surface area (Å²) in [5, 5.41) is 0. The Bertz CT molecular complexity index is 386. The molecule has 0 bridgehead atoms. The van der Waals surface area contributed by atoms with Gasteiger partial charge in [-0.15, -0.1) is 0 Å². The van der Waals surface area contributed by atoms with E-state index in [0.29, 0.717) is 0 Å². The predicted octanol–water partition coefficient (Wildman–Crippen LogP) is 1.87. The van der Waals surface area contributed by atoms with Crippen molar-refractivity contribution in [3.63, 3.8) is 0 Å². The molecule has 0 atom stereocenters. The van der Waals surface area contributed by atoms with Crippen LogP contribution in [0.25, 0.3) is 0 Å². The van der Waals surface area contributed by atoms with Gasteiger partial charge in [-0.3, -0.25) is 4.98 Å². The first kappa shape index (κ1) is 15.2. The zero-order chi connectivity index (χ0) is 13.9. The second-order valence-electron chi connectivity index (χ2n) is 5.81. The summed E-state index contributed by atoms with van der Waals surface area (Å²) in [6.45, 7) is 7.70. The van der Waals surface area contributed by atoms with Gasteiger partial charge < -0.3 is 9.80 Å². The van der Waals surface area contributed by atoms with Gasteiger partial charge in [0.1, 0.15) is 0 Å². The van der Waals surface area contributed by atoms with Gasteiger partial charge in [-0.25, -0.2) is 3.11 Å². The first-order valence-electron chi connectivity index (χ1n) is 6.70. The fourth-order valence-electron chi connectivity index (χ4n) is 2.69. The minimum Gasteiger partial charge on any atom is -0.303 e. The summed E-state index contributed by atoms with van der Waals surface area (Å²) >= 11 is 2.46. The van der Waals surface area contributed by atoms with Crippen LogP contribution in [0.4, 0.5) is 0 Å². The van der Waals surface area contributed by atoms with E-state index >= 15 is 0 Å². The van der Waals surface area contributed by atoms with E-state index in [1.165, 1.54) is 0 Å². The van der Waals surface area contributed by atoms with Crippen molar-refractivity contribution in [1.29, 1.82) is 0 Å². The third kappa shape index (κ3) is 4.11. The maximum absolute atomic E-state index is 4.43. The van der Waals surface area contributed by atoms with Crippen LogP contribution in [0.3, 0.4) is 0 Å². The molecule has 106 valence electrons. The molecule has 0 unspecified atom stereocenters. The van der Waals surface area contributed by atoms with E-state index < -0.39 is 0 Å². The van der Waals surface area contributed by atoms with Crippen LogP contribution in [0, 0.1) is 0 Å². The number of hydrogen-bond acceptors (Lipinski definition) is 4. The fraction of sp³-hybridized carbons (Fsp3) is 0.643. The van der Waals surface area contributed by atoms with Crippen molar-refractivity contribution in [1.82, 2.24) is 17.9 Å². The van der Waals surface area contributed by atoms with Crippen LogP contribution in [0.5, 0.6) is 0 Å². The Hall–Kier alpha value is -0.240. The molecule has 2 rings (SSSR count). The molecular formula is C14H23IN4. The van der Waals surface area contributed by atoms with Crippen LogP contribution >= 0.6 is 22.9 Å². The molecule has 1 fully saturated rings. The highest BCUT2D eigenvalue weighted by molar-refractivity contribution is 14.1. The molecule has 5 heteroatoms. The summed E-state index contributed by atoms with van der Waals surface area (Å²) in [7, 11) is 4.42. The van der Waals surface area contributed by atoms with Gasteiger partial charge in [-0.1, -0.05) is 6.07 Å². The highest BCUT2D eigenvalue weighted by Crippen LogP contribution is 2.25. The number of hydrogen-bond donors (Lipinski definition) is 0. The van der Waals surface area contributed by atoms with Gasteiger partial charge in [0.15, 0.2) is 0 Å². The average Bonchev–Trinajstić information content (AvgIpc) is 2.50. The topological polar surface area (TPSA) is 22.6 Å². The standard InChI is InChI=1S/C14H23IN4/c1-14(11-17(2)8-9-18(3)12-14)19(15)10-13-6-4-5-7-16-13/h4-7H,8-12H2,1-3H3. The molecule has 0 saturated carbocycles.